The lowest BCUT2D eigenvalue weighted by Gasteiger charge is -2.12. The van der Waals surface area contributed by atoms with Gasteiger partial charge in [0, 0.05) is 11.8 Å². The van der Waals surface area contributed by atoms with E-state index in [1.54, 1.807) is 7.11 Å². The van der Waals surface area contributed by atoms with E-state index < -0.39 is 0 Å². The number of aromatic nitrogens is 2. The molecule has 2 aromatic carbocycles. The van der Waals surface area contributed by atoms with Crippen molar-refractivity contribution in [1.82, 2.24) is 9.78 Å². The summed E-state index contributed by atoms with van der Waals surface area (Å²) in [6.07, 6.45) is 0. The highest BCUT2D eigenvalue weighted by Crippen LogP contribution is 2.22. The molecule has 0 amide bonds. The summed E-state index contributed by atoms with van der Waals surface area (Å²) < 4.78 is 7.25. The van der Waals surface area contributed by atoms with Crippen LogP contribution in [0.2, 0.25) is 0 Å². The zero-order valence-corrected chi connectivity index (χ0v) is 16.9. The lowest BCUT2D eigenvalue weighted by molar-refractivity contribution is 0.415. The van der Waals surface area contributed by atoms with Crippen LogP contribution in [0, 0.1) is 20.8 Å². The fourth-order valence-corrected chi connectivity index (χ4v) is 3.18. The number of nitrogens with one attached hydrogen (secondary N) is 2. The average Bonchev–Trinajstić information content (AvgIpc) is 2.91. The third-order valence-corrected chi connectivity index (χ3v) is 4.73. The maximum Gasteiger partial charge on any atom is 0.175 e. The zero-order chi connectivity index (χ0) is 19.4. The van der Waals surface area contributed by atoms with Crippen molar-refractivity contribution in [3.8, 4) is 5.75 Å². The van der Waals surface area contributed by atoms with Crippen LogP contribution in [0.1, 0.15) is 22.5 Å². The van der Waals surface area contributed by atoms with E-state index in [4.69, 9.17) is 17.0 Å². The lowest BCUT2D eigenvalue weighted by Crippen LogP contribution is -2.20. The zero-order valence-electron chi connectivity index (χ0n) is 16.0. The van der Waals surface area contributed by atoms with Crippen molar-refractivity contribution in [2.45, 2.75) is 27.3 Å². The third-order valence-electron chi connectivity index (χ3n) is 4.53. The molecule has 0 aliphatic carbocycles. The van der Waals surface area contributed by atoms with E-state index in [1.807, 2.05) is 35.9 Å². The predicted octanol–water partition coefficient (Wildman–Crippen LogP) is 4.67. The summed E-state index contributed by atoms with van der Waals surface area (Å²) >= 11 is 5.48. The standard InChI is InChI=1S/C21H24N4OS/c1-14-8-5-6-9-17(14)13-25-16(3)20(15(2)24-25)23-21(27)22-18-10-7-11-19(12-18)26-4/h5-12H,13H2,1-4H3,(H2,22,23,27). The minimum atomic E-state index is 0.518. The summed E-state index contributed by atoms with van der Waals surface area (Å²) in [6.45, 7) is 6.89. The highest BCUT2D eigenvalue weighted by Gasteiger charge is 2.13. The first-order valence-corrected chi connectivity index (χ1v) is 9.19. The Labute approximate surface area is 165 Å². The first kappa shape index (κ1) is 18.9. The molecule has 0 fully saturated rings. The van der Waals surface area contributed by atoms with E-state index in [-0.39, 0.29) is 0 Å². The summed E-state index contributed by atoms with van der Waals surface area (Å²) in [4.78, 5) is 0. The molecule has 5 nitrogen and oxygen atoms in total. The van der Waals surface area contributed by atoms with Crippen LogP contribution in [0.15, 0.2) is 48.5 Å². The number of benzene rings is 2. The molecular formula is C21H24N4OS. The molecule has 1 heterocycles. The van der Waals surface area contributed by atoms with Gasteiger partial charge in [0.05, 0.1) is 30.7 Å². The van der Waals surface area contributed by atoms with Gasteiger partial charge in [-0.05, 0) is 56.2 Å². The Morgan fingerprint density at radius 1 is 1.07 bits per heavy atom. The molecule has 0 saturated carbocycles. The first-order valence-electron chi connectivity index (χ1n) is 8.78. The molecule has 3 aromatic rings. The Morgan fingerprint density at radius 3 is 2.59 bits per heavy atom. The molecule has 3 rings (SSSR count). The van der Waals surface area contributed by atoms with Crippen molar-refractivity contribution < 1.29 is 4.74 Å². The number of aryl methyl sites for hydroxylation is 2. The first-order chi connectivity index (χ1) is 13.0. The monoisotopic (exact) mass is 380 g/mol. The maximum absolute atomic E-state index is 5.48. The van der Waals surface area contributed by atoms with Gasteiger partial charge in [-0.1, -0.05) is 30.3 Å². The van der Waals surface area contributed by atoms with Gasteiger partial charge in [-0.3, -0.25) is 4.68 Å². The minimum Gasteiger partial charge on any atom is -0.497 e. The number of methoxy groups -OCH3 is 1. The maximum atomic E-state index is 5.48. The fourth-order valence-electron chi connectivity index (χ4n) is 2.96. The van der Waals surface area contributed by atoms with E-state index in [9.17, 15) is 0 Å². The van der Waals surface area contributed by atoms with Gasteiger partial charge >= 0.3 is 0 Å². The van der Waals surface area contributed by atoms with Crippen LogP contribution < -0.4 is 15.4 Å². The van der Waals surface area contributed by atoms with E-state index in [2.05, 4.69) is 53.8 Å². The van der Waals surface area contributed by atoms with Gasteiger partial charge in [0.25, 0.3) is 0 Å². The molecule has 6 heteroatoms. The molecule has 0 spiro atoms. The van der Waals surface area contributed by atoms with Gasteiger partial charge in [0.15, 0.2) is 5.11 Å². The van der Waals surface area contributed by atoms with E-state index in [1.165, 1.54) is 11.1 Å². The Morgan fingerprint density at radius 2 is 1.85 bits per heavy atom. The second-order valence-electron chi connectivity index (χ2n) is 6.44. The van der Waals surface area contributed by atoms with Gasteiger partial charge < -0.3 is 15.4 Å². The van der Waals surface area contributed by atoms with Crippen LogP contribution >= 0.6 is 12.2 Å². The second kappa shape index (κ2) is 8.22. The van der Waals surface area contributed by atoms with Crippen molar-refractivity contribution in [3.63, 3.8) is 0 Å². The number of thiocarbonyl (C=S) groups is 1. The van der Waals surface area contributed by atoms with E-state index in [0.29, 0.717) is 5.11 Å². The lowest BCUT2D eigenvalue weighted by atomic mass is 10.1. The van der Waals surface area contributed by atoms with Gasteiger partial charge in [0.2, 0.25) is 0 Å². The van der Waals surface area contributed by atoms with Crippen LogP contribution in [0.4, 0.5) is 11.4 Å². The third kappa shape index (κ3) is 4.46. The Hall–Kier alpha value is -2.86. The second-order valence-corrected chi connectivity index (χ2v) is 6.85. The Bertz CT molecular complexity index is 965. The van der Waals surface area contributed by atoms with Gasteiger partial charge in [-0.2, -0.15) is 5.10 Å². The molecule has 0 aliphatic heterocycles. The molecular weight excluding hydrogens is 356 g/mol. The van der Waals surface area contributed by atoms with Gasteiger partial charge in [0.1, 0.15) is 5.75 Å². The van der Waals surface area contributed by atoms with Crippen molar-refractivity contribution in [2.24, 2.45) is 0 Å². The summed E-state index contributed by atoms with van der Waals surface area (Å²) in [5, 5.41) is 11.7. The highest BCUT2D eigenvalue weighted by atomic mass is 32.1. The summed E-state index contributed by atoms with van der Waals surface area (Å²) in [7, 11) is 1.64. The number of anilines is 2. The smallest absolute Gasteiger partial charge is 0.175 e. The molecule has 1 aromatic heterocycles. The molecule has 0 aliphatic rings. The average molecular weight is 381 g/mol. The van der Waals surface area contributed by atoms with Gasteiger partial charge in [-0.25, -0.2) is 0 Å². The number of hydrogen-bond acceptors (Lipinski definition) is 3. The van der Waals surface area contributed by atoms with Crippen molar-refractivity contribution in [3.05, 3.63) is 71.0 Å². The number of nitrogens with zero attached hydrogens (tertiary/aromatic N) is 2. The molecule has 0 unspecified atom stereocenters. The van der Waals surface area contributed by atoms with Crippen LogP contribution in [0.3, 0.4) is 0 Å². The molecule has 2 N–H and O–H groups in total. The highest BCUT2D eigenvalue weighted by molar-refractivity contribution is 7.80. The number of ether oxygens (including phenoxy) is 1. The van der Waals surface area contributed by atoms with Crippen LogP contribution in [0.25, 0.3) is 0 Å². The summed E-state index contributed by atoms with van der Waals surface area (Å²) in [6, 6.07) is 16.0. The SMILES string of the molecule is COc1cccc(NC(=S)Nc2c(C)nn(Cc3ccccc3C)c2C)c1. The molecule has 0 radical (unpaired) electrons. The summed E-state index contributed by atoms with van der Waals surface area (Å²) in [5.41, 5.74) is 6.28. The largest absolute Gasteiger partial charge is 0.497 e. The van der Waals surface area contributed by atoms with Crippen LogP contribution in [-0.2, 0) is 6.54 Å². The van der Waals surface area contributed by atoms with Crippen molar-refractivity contribution in [2.75, 3.05) is 17.7 Å². The van der Waals surface area contributed by atoms with E-state index >= 15 is 0 Å². The number of rotatable bonds is 5. The molecule has 0 saturated heterocycles. The van der Waals surface area contributed by atoms with Crippen LogP contribution in [0.5, 0.6) is 5.75 Å². The quantitative estimate of drug-likeness (QED) is 0.630. The predicted molar refractivity (Wildman–Crippen MR) is 115 cm³/mol. The molecule has 27 heavy (non-hydrogen) atoms. The molecule has 0 bridgehead atoms. The van der Waals surface area contributed by atoms with E-state index in [0.717, 1.165) is 35.1 Å². The summed E-state index contributed by atoms with van der Waals surface area (Å²) in [5.74, 6) is 0.779. The number of hydrogen-bond donors (Lipinski definition) is 2. The van der Waals surface area contributed by atoms with Crippen molar-refractivity contribution in [1.29, 1.82) is 0 Å². The van der Waals surface area contributed by atoms with Crippen molar-refractivity contribution >= 4 is 28.7 Å². The molecule has 140 valence electrons. The molecule has 0 atom stereocenters. The minimum absolute atomic E-state index is 0.518. The Balaban J connectivity index is 1.74. The van der Waals surface area contributed by atoms with Crippen LogP contribution in [-0.4, -0.2) is 22.0 Å². The van der Waals surface area contributed by atoms with Gasteiger partial charge in [-0.15, -0.1) is 0 Å². The Kier molecular flexibility index (Phi) is 5.76. The fraction of sp³-hybridized carbons (Fsp3) is 0.238. The topological polar surface area (TPSA) is 51.1 Å². The normalized spacial score (nSPS) is 10.5.